The van der Waals surface area contributed by atoms with Gasteiger partial charge in [-0.25, -0.2) is 19.2 Å². The molecule has 0 saturated heterocycles. The van der Waals surface area contributed by atoms with Crippen LogP contribution in [0.3, 0.4) is 0 Å². The molecule has 0 radical (unpaired) electrons. The van der Waals surface area contributed by atoms with E-state index in [0.29, 0.717) is 0 Å². The van der Waals surface area contributed by atoms with Crippen molar-refractivity contribution >= 4 is 23.2 Å². The molecule has 1 heterocycles. The van der Waals surface area contributed by atoms with Crippen LogP contribution in [0, 0.1) is 0 Å². The van der Waals surface area contributed by atoms with Crippen molar-refractivity contribution in [3.05, 3.63) is 0 Å². The highest BCUT2D eigenvalue weighted by Crippen LogP contribution is 2.13. The van der Waals surface area contributed by atoms with Gasteiger partial charge in [-0.2, -0.15) is 5.01 Å². The molecule has 0 aromatic carbocycles. The van der Waals surface area contributed by atoms with Crippen LogP contribution in [-0.4, -0.2) is 50.6 Å². The molecule has 1 aliphatic heterocycles. The van der Waals surface area contributed by atoms with E-state index < -0.39 is 17.2 Å². The molecule has 1 unspecified atom stereocenters. The Morgan fingerprint density at radius 2 is 2.00 bits per heavy atom. The lowest BCUT2D eigenvalue weighted by Gasteiger charge is -2.34. The standard InChI is InChI=1S/C7H15N5O2S/c1-5(2)12-7(13)11(8)6(10(3)4)9-15(12)14/h5H,8H2,1-4H3. The van der Waals surface area contributed by atoms with E-state index in [1.54, 1.807) is 27.9 Å². The summed E-state index contributed by atoms with van der Waals surface area (Å²) in [5.74, 6) is 5.74. The van der Waals surface area contributed by atoms with Crippen LogP contribution in [0.15, 0.2) is 4.40 Å². The normalized spacial score (nSPS) is 22.1. The summed E-state index contributed by atoms with van der Waals surface area (Å²) < 4.78 is 16.6. The molecule has 1 atom stereocenters. The number of hydrazine groups is 1. The van der Waals surface area contributed by atoms with Gasteiger partial charge in [0.25, 0.3) is 11.2 Å². The maximum Gasteiger partial charge on any atom is 0.354 e. The topological polar surface area (TPSA) is 82.2 Å². The highest BCUT2D eigenvalue weighted by molar-refractivity contribution is 7.82. The van der Waals surface area contributed by atoms with Crippen LogP contribution in [0.2, 0.25) is 0 Å². The number of urea groups is 1. The summed E-state index contributed by atoms with van der Waals surface area (Å²) in [6.45, 7) is 3.50. The first-order valence-corrected chi connectivity index (χ1v) is 5.48. The number of nitrogens with two attached hydrogens (primary N) is 1. The highest BCUT2D eigenvalue weighted by Gasteiger charge is 2.35. The van der Waals surface area contributed by atoms with Gasteiger partial charge in [0.15, 0.2) is 0 Å². The number of carbonyl (C=O) groups is 1. The van der Waals surface area contributed by atoms with Gasteiger partial charge in [-0.1, -0.05) is 0 Å². The Labute approximate surface area is 91.2 Å². The minimum atomic E-state index is -1.70. The van der Waals surface area contributed by atoms with Crippen LogP contribution < -0.4 is 5.84 Å². The molecule has 0 aromatic rings. The van der Waals surface area contributed by atoms with Gasteiger partial charge in [0.1, 0.15) is 0 Å². The molecule has 0 bridgehead atoms. The van der Waals surface area contributed by atoms with Crippen LogP contribution >= 0.6 is 0 Å². The average Bonchev–Trinajstić information content (AvgIpc) is 2.10. The van der Waals surface area contributed by atoms with Crippen molar-refractivity contribution in [2.45, 2.75) is 19.9 Å². The molecule has 8 heteroatoms. The Bertz CT molecular complexity index is 327. The van der Waals surface area contributed by atoms with Crippen molar-refractivity contribution in [1.82, 2.24) is 14.2 Å². The largest absolute Gasteiger partial charge is 0.354 e. The van der Waals surface area contributed by atoms with Crippen LogP contribution in [0.25, 0.3) is 0 Å². The molecule has 7 nitrogen and oxygen atoms in total. The lowest BCUT2D eigenvalue weighted by atomic mass is 10.4. The maximum atomic E-state index is 11.7. The van der Waals surface area contributed by atoms with Gasteiger partial charge in [0, 0.05) is 20.1 Å². The first-order valence-electron chi connectivity index (χ1n) is 4.42. The fourth-order valence-corrected chi connectivity index (χ4v) is 2.18. The molecule has 0 aliphatic carbocycles. The van der Waals surface area contributed by atoms with Gasteiger partial charge < -0.3 is 4.90 Å². The van der Waals surface area contributed by atoms with Crippen molar-refractivity contribution in [3.8, 4) is 0 Å². The van der Waals surface area contributed by atoms with Gasteiger partial charge >= 0.3 is 6.03 Å². The van der Waals surface area contributed by atoms with Crippen molar-refractivity contribution in [3.63, 3.8) is 0 Å². The quantitative estimate of drug-likeness (QED) is 0.489. The van der Waals surface area contributed by atoms with Crippen LogP contribution in [-0.2, 0) is 11.2 Å². The molecular formula is C7H15N5O2S. The van der Waals surface area contributed by atoms with Crippen molar-refractivity contribution in [2.24, 2.45) is 10.2 Å². The van der Waals surface area contributed by atoms with E-state index in [1.807, 2.05) is 0 Å². The summed E-state index contributed by atoms with van der Waals surface area (Å²) in [6, 6.07) is -0.723. The molecule has 1 rings (SSSR count). The van der Waals surface area contributed by atoms with E-state index in [-0.39, 0.29) is 12.0 Å². The number of nitrogens with zero attached hydrogens (tertiary/aromatic N) is 4. The summed E-state index contributed by atoms with van der Waals surface area (Å²) in [5.41, 5.74) is 0. The van der Waals surface area contributed by atoms with Crippen LogP contribution in [0.5, 0.6) is 0 Å². The molecule has 2 N–H and O–H groups in total. The SMILES string of the molecule is CC(C)N1C(=O)N(N)C(N(C)C)=NS1=O. The third kappa shape index (κ3) is 2.10. The van der Waals surface area contributed by atoms with Gasteiger partial charge in [0.2, 0.25) is 5.96 Å². The molecule has 15 heavy (non-hydrogen) atoms. The predicted molar refractivity (Wildman–Crippen MR) is 57.7 cm³/mol. The van der Waals surface area contributed by atoms with Crippen LogP contribution in [0.1, 0.15) is 13.8 Å². The van der Waals surface area contributed by atoms with E-state index in [0.717, 1.165) is 9.31 Å². The Morgan fingerprint density at radius 1 is 1.47 bits per heavy atom. The van der Waals surface area contributed by atoms with Gasteiger partial charge in [-0.3, -0.25) is 0 Å². The number of rotatable bonds is 1. The molecule has 1 aliphatic rings. The summed E-state index contributed by atoms with van der Waals surface area (Å²) in [7, 11) is 3.35. The monoisotopic (exact) mass is 233 g/mol. The number of hydrogen-bond donors (Lipinski definition) is 1. The van der Waals surface area contributed by atoms with Crippen LogP contribution in [0.4, 0.5) is 4.79 Å². The smallest absolute Gasteiger partial charge is 0.347 e. The third-order valence-electron chi connectivity index (χ3n) is 1.81. The van der Waals surface area contributed by atoms with E-state index in [1.165, 1.54) is 4.90 Å². The molecule has 2 amide bonds. The molecule has 0 spiro atoms. The summed E-state index contributed by atoms with van der Waals surface area (Å²) >= 11 is -1.70. The third-order valence-corrected chi connectivity index (χ3v) is 3.04. The first kappa shape index (κ1) is 11.9. The fraction of sp³-hybridized carbons (Fsp3) is 0.714. The zero-order valence-electron chi connectivity index (χ0n) is 9.17. The second-order valence-electron chi connectivity index (χ2n) is 3.59. The Kier molecular flexibility index (Phi) is 3.30. The zero-order chi connectivity index (χ0) is 11.7. The minimum absolute atomic E-state index is 0.190. The number of carbonyl (C=O) groups excluding carboxylic acids is 1. The molecule has 86 valence electrons. The number of guanidine groups is 1. The summed E-state index contributed by atoms with van der Waals surface area (Å²) in [5, 5.41) is 0.890. The Hall–Kier alpha value is -1.15. The fourth-order valence-electron chi connectivity index (χ4n) is 1.11. The molecule has 0 fully saturated rings. The number of amides is 2. The van der Waals surface area contributed by atoms with Gasteiger partial charge in [-0.15, -0.1) is 4.40 Å². The number of hydrogen-bond acceptors (Lipinski definition) is 4. The Balaban J connectivity index is 3.08. The first-order chi connectivity index (χ1) is 6.86. The maximum absolute atomic E-state index is 11.7. The van der Waals surface area contributed by atoms with Gasteiger partial charge in [0.05, 0.1) is 0 Å². The minimum Gasteiger partial charge on any atom is -0.347 e. The average molecular weight is 233 g/mol. The summed E-state index contributed by atoms with van der Waals surface area (Å²) in [6.07, 6.45) is 0. The summed E-state index contributed by atoms with van der Waals surface area (Å²) in [4.78, 5) is 13.3. The van der Waals surface area contributed by atoms with Crippen molar-refractivity contribution in [1.29, 1.82) is 0 Å². The second-order valence-corrected chi connectivity index (χ2v) is 4.63. The van der Waals surface area contributed by atoms with Crippen molar-refractivity contribution in [2.75, 3.05) is 14.1 Å². The van der Waals surface area contributed by atoms with Crippen molar-refractivity contribution < 1.29 is 9.00 Å². The van der Waals surface area contributed by atoms with E-state index >= 15 is 0 Å². The molecule has 0 saturated carbocycles. The molecule has 0 aromatic heterocycles. The predicted octanol–water partition coefficient (Wildman–Crippen LogP) is -0.498. The van der Waals surface area contributed by atoms with E-state index in [9.17, 15) is 9.00 Å². The highest BCUT2D eigenvalue weighted by atomic mass is 32.2. The zero-order valence-corrected chi connectivity index (χ0v) is 9.98. The lowest BCUT2D eigenvalue weighted by Crippen LogP contribution is -2.59. The second kappa shape index (κ2) is 4.15. The van der Waals surface area contributed by atoms with E-state index in [4.69, 9.17) is 5.84 Å². The Morgan fingerprint density at radius 3 is 2.40 bits per heavy atom. The van der Waals surface area contributed by atoms with Gasteiger partial charge in [-0.05, 0) is 13.8 Å². The van der Waals surface area contributed by atoms with E-state index in [2.05, 4.69) is 4.40 Å². The molecular weight excluding hydrogens is 218 g/mol. The lowest BCUT2D eigenvalue weighted by molar-refractivity contribution is 0.190.